The van der Waals surface area contributed by atoms with E-state index in [1.165, 1.54) is 6.20 Å². The van der Waals surface area contributed by atoms with Crippen LogP contribution in [0.15, 0.2) is 6.20 Å². The molecule has 0 aromatic carbocycles. The number of aromatic nitrogens is 1. The molecule has 1 fully saturated rings. The lowest BCUT2D eigenvalue weighted by Crippen LogP contribution is -2.10. The topological polar surface area (TPSA) is 48.4 Å². The monoisotopic (exact) mass is 259 g/mol. The number of hydrogen-bond acceptors (Lipinski definition) is 4. The molecule has 1 aromatic heterocycles. The number of halogens is 2. The average molecular weight is 260 g/mol. The molecule has 1 heterocycles. The second-order valence-corrected chi connectivity index (χ2v) is 4.25. The third-order valence-corrected chi connectivity index (χ3v) is 2.77. The van der Waals surface area contributed by atoms with Gasteiger partial charge in [0.05, 0.1) is 24.9 Å². The summed E-state index contributed by atoms with van der Waals surface area (Å²) in [6.07, 6.45) is 3.34. The number of nitrogens with zero attached hydrogens (tertiary/aromatic N) is 1. The van der Waals surface area contributed by atoms with Gasteiger partial charge >= 0.3 is 5.97 Å². The lowest BCUT2D eigenvalue weighted by Gasteiger charge is -2.08. The Kier molecular flexibility index (Phi) is 3.47. The number of carbonyl (C=O) groups excluding carboxylic acids is 1. The first-order valence-electron chi connectivity index (χ1n) is 5.18. The van der Waals surface area contributed by atoms with Crippen LogP contribution in [0.2, 0.25) is 5.02 Å². The van der Waals surface area contributed by atoms with Gasteiger partial charge in [-0.05, 0) is 18.8 Å². The molecule has 0 amide bonds. The van der Waals surface area contributed by atoms with Gasteiger partial charge in [-0.15, -0.1) is 0 Å². The molecule has 0 saturated heterocycles. The molecule has 0 spiro atoms. The van der Waals surface area contributed by atoms with Gasteiger partial charge < -0.3 is 9.47 Å². The lowest BCUT2D eigenvalue weighted by molar-refractivity contribution is 0.0594. The van der Waals surface area contributed by atoms with E-state index >= 15 is 0 Å². The van der Waals surface area contributed by atoms with Crippen LogP contribution in [0.1, 0.15) is 23.2 Å². The van der Waals surface area contributed by atoms with Crippen LogP contribution in [0.5, 0.6) is 5.88 Å². The standard InChI is InChI=1S/C11H11ClFNO3/c1-16-11(15)8-7(12)4-14-10(9(8)13)17-5-6-2-3-6/h4,6H,2-3,5H2,1H3. The molecule has 6 heteroatoms. The maximum atomic E-state index is 13.9. The molecule has 1 aromatic rings. The zero-order chi connectivity index (χ0) is 12.4. The Balaban J connectivity index is 2.23. The van der Waals surface area contributed by atoms with Crippen LogP contribution in [-0.2, 0) is 4.74 Å². The highest BCUT2D eigenvalue weighted by atomic mass is 35.5. The summed E-state index contributed by atoms with van der Waals surface area (Å²) in [5.41, 5.74) is -0.338. The molecule has 4 nitrogen and oxygen atoms in total. The zero-order valence-corrected chi connectivity index (χ0v) is 9.96. The number of esters is 1. The van der Waals surface area contributed by atoms with Gasteiger partial charge in [0.25, 0.3) is 5.88 Å². The summed E-state index contributed by atoms with van der Waals surface area (Å²) in [5.74, 6) is -1.45. The summed E-state index contributed by atoms with van der Waals surface area (Å²) in [4.78, 5) is 15.0. The summed E-state index contributed by atoms with van der Waals surface area (Å²) in [5, 5.41) is -0.0897. The van der Waals surface area contributed by atoms with E-state index in [0.29, 0.717) is 12.5 Å². The molecule has 1 saturated carbocycles. The highest BCUT2D eigenvalue weighted by Gasteiger charge is 2.25. The van der Waals surface area contributed by atoms with Crippen LogP contribution >= 0.6 is 11.6 Å². The maximum Gasteiger partial charge on any atom is 0.342 e. The number of ether oxygens (including phenoxy) is 2. The van der Waals surface area contributed by atoms with Crippen LogP contribution in [0.3, 0.4) is 0 Å². The summed E-state index contributed by atoms with van der Waals surface area (Å²) >= 11 is 5.69. The van der Waals surface area contributed by atoms with Gasteiger partial charge in [-0.3, -0.25) is 0 Å². The molecule has 0 radical (unpaired) electrons. The van der Waals surface area contributed by atoms with Crippen molar-refractivity contribution < 1.29 is 18.7 Å². The molecule has 17 heavy (non-hydrogen) atoms. The Morgan fingerprint density at radius 2 is 2.35 bits per heavy atom. The van der Waals surface area contributed by atoms with E-state index in [1.54, 1.807) is 0 Å². The van der Waals surface area contributed by atoms with Crippen LogP contribution in [0.25, 0.3) is 0 Å². The Morgan fingerprint density at radius 3 is 2.94 bits per heavy atom. The van der Waals surface area contributed by atoms with Crippen molar-refractivity contribution >= 4 is 17.6 Å². The van der Waals surface area contributed by atoms with Crippen molar-refractivity contribution in [2.45, 2.75) is 12.8 Å². The molecule has 1 aliphatic rings. The highest BCUT2D eigenvalue weighted by molar-refractivity contribution is 6.33. The van der Waals surface area contributed by atoms with Gasteiger partial charge in [0.1, 0.15) is 5.56 Å². The SMILES string of the molecule is COC(=O)c1c(Cl)cnc(OCC2CC2)c1F. The van der Waals surface area contributed by atoms with Gasteiger partial charge in [-0.25, -0.2) is 9.78 Å². The average Bonchev–Trinajstić information content (AvgIpc) is 3.11. The Morgan fingerprint density at radius 1 is 1.65 bits per heavy atom. The zero-order valence-electron chi connectivity index (χ0n) is 9.20. The summed E-state index contributed by atoms with van der Waals surface area (Å²) < 4.78 is 23.5. The number of hydrogen-bond donors (Lipinski definition) is 0. The molecule has 2 rings (SSSR count). The minimum absolute atomic E-state index is 0.0897. The van der Waals surface area contributed by atoms with Crippen molar-refractivity contribution in [3.8, 4) is 5.88 Å². The van der Waals surface area contributed by atoms with Crippen LogP contribution in [0.4, 0.5) is 4.39 Å². The van der Waals surface area contributed by atoms with Crippen LogP contribution in [0, 0.1) is 11.7 Å². The van der Waals surface area contributed by atoms with Crippen molar-refractivity contribution in [2.75, 3.05) is 13.7 Å². The number of carbonyl (C=O) groups is 1. The quantitative estimate of drug-likeness (QED) is 0.780. The highest BCUT2D eigenvalue weighted by Crippen LogP contribution is 2.31. The lowest BCUT2D eigenvalue weighted by atomic mass is 10.2. The second-order valence-electron chi connectivity index (χ2n) is 3.85. The largest absolute Gasteiger partial charge is 0.475 e. The van der Waals surface area contributed by atoms with E-state index in [1.807, 2.05) is 0 Å². The molecular weight excluding hydrogens is 249 g/mol. The maximum absolute atomic E-state index is 13.9. The molecule has 0 unspecified atom stereocenters. The van der Waals surface area contributed by atoms with Crippen molar-refractivity contribution in [2.24, 2.45) is 5.92 Å². The van der Waals surface area contributed by atoms with E-state index in [0.717, 1.165) is 20.0 Å². The van der Waals surface area contributed by atoms with Gasteiger partial charge in [0.2, 0.25) is 5.82 Å². The fourth-order valence-corrected chi connectivity index (χ4v) is 1.53. The van der Waals surface area contributed by atoms with Crippen molar-refractivity contribution in [3.63, 3.8) is 0 Å². The van der Waals surface area contributed by atoms with Gasteiger partial charge in [0, 0.05) is 0 Å². The fraction of sp³-hybridized carbons (Fsp3) is 0.455. The van der Waals surface area contributed by atoms with Gasteiger partial charge in [-0.1, -0.05) is 11.6 Å². The Hall–Kier alpha value is -1.36. The van der Waals surface area contributed by atoms with Gasteiger partial charge in [0.15, 0.2) is 0 Å². The van der Waals surface area contributed by atoms with E-state index < -0.39 is 11.8 Å². The molecule has 92 valence electrons. The minimum atomic E-state index is -0.870. The molecule has 0 atom stereocenters. The smallest absolute Gasteiger partial charge is 0.342 e. The molecule has 0 aliphatic heterocycles. The molecule has 0 bridgehead atoms. The van der Waals surface area contributed by atoms with E-state index in [-0.39, 0.29) is 16.5 Å². The van der Waals surface area contributed by atoms with E-state index in [4.69, 9.17) is 16.3 Å². The van der Waals surface area contributed by atoms with Crippen molar-refractivity contribution in [1.29, 1.82) is 0 Å². The Labute approximate surface area is 103 Å². The first-order chi connectivity index (χ1) is 8.13. The Bertz CT molecular complexity index is 449. The molecule has 0 N–H and O–H groups in total. The second kappa shape index (κ2) is 4.87. The van der Waals surface area contributed by atoms with E-state index in [9.17, 15) is 9.18 Å². The summed E-state index contributed by atoms with van der Waals surface area (Å²) in [6, 6.07) is 0. The van der Waals surface area contributed by atoms with Crippen molar-refractivity contribution in [1.82, 2.24) is 4.98 Å². The number of rotatable bonds is 4. The normalized spacial score (nSPS) is 14.5. The summed E-state index contributed by atoms with van der Waals surface area (Å²) in [7, 11) is 1.16. The fourth-order valence-electron chi connectivity index (χ4n) is 1.32. The van der Waals surface area contributed by atoms with Crippen molar-refractivity contribution in [3.05, 3.63) is 22.6 Å². The first kappa shape index (κ1) is 12.1. The number of pyridine rings is 1. The molecule has 1 aliphatic carbocycles. The van der Waals surface area contributed by atoms with Crippen LogP contribution < -0.4 is 4.74 Å². The molecular formula is C11H11ClFNO3. The third-order valence-electron chi connectivity index (χ3n) is 2.48. The van der Waals surface area contributed by atoms with Gasteiger partial charge in [-0.2, -0.15) is 4.39 Å². The summed E-state index contributed by atoms with van der Waals surface area (Å²) in [6.45, 7) is 0.409. The number of methoxy groups -OCH3 is 1. The minimum Gasteiger partial charge on any atom is -0.475 e. The third kappa shape index (κ3) is 2.66. The predicted molar refractivity (Wildman–Crippen MR) is 58.8 cm³/mol. The van der Waals surface area contributed by atoms with E-state index in [2.05, 4.69) is 9.72 Å². The first-order valence-corrected chi connectivity index (χ1v) is 5.56. The predicted octanol–water partition coefficient (Wildman–Crippen LogP) is 2.45. The van der Waals surface area contributed by atoms with Crippen LogP contribution in [-0.4, -0.2) is 24.7 Å².